The number of rotatable bonds is 3. The first kappa shape index (κ1) is 13.1. The van der Waals surface area contributed by atoms with E-state index in [1.807, 2.05) is 25.1 Å². The van der Waals surface area contributed by atoms with Crippen molar-refractivity contribution in [2.24, 2.45) is 5.92 Å². The van der Waals surface area contributed by atoms with Gasteiger partial charge in [-0.2, -0.15) is 5.10 Å². The minimum absolute atomic E-state index is 0.0552. The van der Waals surface area contributed by atoms with Gasteiger partial charge in [-0.25, -0.2) is 4.68 Å². The number of fused-ring (bicyclic) bond motifs is 1. The number of nitrogens with zero attached hydrogens (tertiary/aromatic N) is 2. The number of hydrogen-bond acceptors (Lipinski definition) is 2. The van der Waals surface area contributed by atoms with Gasteiger partial charge in [0.15, 0.2) is 5.15 Å². The van der Waals surface area contributed by atoms with Crippen LogP contribution in [0.25, 0.3) is 10.8 Å². The van der Waals surface area contributed by atoms with Crippen LogP contribution in [0.15, 0.2) is 29.1 Å². The minimum Gasteiger partial charge on any atom is -0.267 e. The number of benzene rings is 1. The van der Waals surface area contributed by atoms with Gasteiger partial charge in [0.2, 0.25) is 0 Å². The second-order valence-corrected chi connectivity index (χ2v) is 5.42. The van der Waals surface area contributed by atoms with Crippen LogP contribution in [0.3, 0.4) is 0 Å². The third-order valence-electron chi connectivity index (χ3n) is 3.01. The maximum absolute atomic E-state index is 12.3. The summed E-state index contributed by atoms with van der Waals surface area (Å²) < 4.78 is 1.50. The molecule has 4 heteroatoms. The largest absolute Gasteiger partial charge is 0.274 e. The van der Waals surface area contributed by atoms with Gasteiger partial charge in [-0.1, -0.05) is 43.6 Å². The van der Waals surface area contributed by atoms with Gasteiger partial charge in [-0.3, -0.25) is 4.79 Å². The van der Waals surface area contributed by atoms with E-state index in [0.717, 1.165) is 11.8 Å². The predicted octanol–water partition coefficient (Wildman–Crippen LogP) is 3.66. The van der Waals surface area contributed by atoms with Gasteiger partial charge < -0.3 is 0 Å². The van der Waals surface area contributed by atoms with Crippen LogP contribution >= 0.6 is 11.6 Å². The molecule has 0 aliphatic carbocycles. The fraction of sp³-hybridized carbons (Fsp3) is 0.429. The molecule has 0 radical (unpaired) electrons. The molecule has 96 valence electrons. The summed E-state index contributed by atoms with van der Waals surface area (Å²) in [4.78, 5) is 12.3. The Kier molecular flexibility index (Phi) is 3.71. The van der Waals surface area contributed by atoms with Crippen LogP contribution in [0.4, 0.5) is 0 Å². The molecule has 2 aromatic rings. The van der Waals surface area contributed by atoms with E-state index in [2.05, 4.69) is 18.9 Å². The standard InChI is InChI=1S/C14H17ClN2O/c1-9(2)8-10(3)17-14(18)12-7-5-4-6-11(12)13(15)16-17/h4-7,9-10H,8H2,1-3H3. The summed E-state index contributed by atoms with van der Waals surface area (Å²) in [6, 6.07) is 7.38. The fourth-order valence-electron chi connectivity index (χ4n) is 2.25. The molecule has 1 aromatic carbocycles. The first-order valence-corrected chi connectivity index (χ1v) is 6.55. The van der Waals surface area contributed by atoms with Gasteiger partial charge in [-0.15, -0.1) is 0 Å². The third kappa shape index (κ3) is 2.41. The van der Waals surface area contributed by atoms with Crippen molar-refractivity contribution < 1.29 is 0 Å². The Hall–Kier alpha value is -1.35. The normalized spacial score (nSPS) is 13.2. The molecule has 0 aliphatic rings. The van der Waals surface area contributed by atoms with Crippen molar-refractivity contribution in [2.45, 2.75) is 33.2 Å². The maximum Gasteiger partial charge on any atom is 0.274 e. The molecule has 0 spiro atoms. The molecule has 1 unspecified atom stereocenters. The molecule has 0 fully saturated rings. The summed E-state index contributed by atoms with van der Waals surface area (Å²) in [6.07, 6.45) is 0.904. The van der Waals surface area contributed by atoms with E-state index < -0.39 is 0 Å². The summed E-state index contributed by atoms with van der Waals surface area (Å²) in [6.45, 7) is 6.26. The molecular formula is C14H17ClN2O. The van der Waals surface area contributed by atoms with Crippen molar-refractivity contribution in [1.29, 1.82) is 0 Å². The monoisotopic (exact) mass is 264 g/mol. The average Bonchev–Trinajstić information content (AvgIpc) is 2.33. The molecule has 1 atom stereocenters. The maximum atomic E-state index is 12.3. The van der Waals surface area contributed by atoms with E-state index in [0.29, 0.717) is 16.5 Å². The Morgan fingerprint density at radius 1 is 1.22 bits per heavy atom. The lowest BCUT2D eigenvalue weighted by atomic mass is 10.1. The highest BCUT2D eigenvalue weighted by Gasteiger charge is 2.14. The van der Waals surface area contributed by atoms with Gasteiger partial charge in [0.25, 0.3) is 5.56 Å². The molecule has 0 aliphatic heterocycles. The van der Waals surface area contributed by atoms with E-state index in [9.17, 15) is 4.79 Å². The Labute approximate surface area is 111 Å². The molecule has 1 aromatic heterocycles. The van der Waals surface area contributed by atoms with E-state index in [4.69, 9.17) is 11.6 Å². The zero-order valence-electron chi connectivity index (χ0n) is 10.9. The van der Waals surface area contributed by atoms with E-state index >= 15 is 0 Å². The Bertz CT molecular complexity index is 619. The number of aromatic nitrogens is 2. The van der Waals surface area contributed by atoms with Gasteiger partial charge in [0, 0.05) is 5.39 Å². The lowest BCUT2D eigenvalue weighted by Crippen LogP contribution is -2.27. The van der Waals surface area contributed by atoms with Gasteiger partial charge >= 0.3 is 0 Å². The molecule has 18 heavy (non-hydrogen) atoms. The van der Waals surface area contributed by atoms with Gasteiger partial charge in [0.05, 0.1) is 11.4 Å². The molecule has 0 N–H and O–H groups in total. The van der Waals surface area contributed by atoms with Crippen LogP contribution in [0, 0.1) is 5.92 Å². The summed E-state index contributed by atoms with van der Waals surface area (Å²) in [5.74, 6) is 0.513. The van der Waals surface area contributed by atoms with Crippen LogP contribution in [0.2, 0.25) is 5.15 Å². The molecule has 0 saturated carbocycles. The van der Waals surface area contributed by atoms with E-state index in [1.54, 1.807) is 6.07 Å². The topological polar surface area (TPSA) is 34.9 Å². The smallest absolute Gasteiger partial charge is 0.267 e. The Morgan fingerprint density at radius 3 is 2.44 bits per heavy atom. The summed E-state index contributed by atoms with van der Waals surface area (Å²) in [7, 11) is 0. The van der Waals surface area contributed by atoms with Crippen molar-refractivity contribution in [1.82, 2.24) is 9.78 Å². The first-order valence-electron chi connectivity index (χ1n) is 6.17. The molecule has 3 nitrogen and oxygen atoms in total. The van der Waals surface area contributed by atoms with Gasteiger partial charge in [-0.05, 0) is 25.3 Å². The van der Waals surface area contributed by atoms with Crippen molar-refractivity contribution >= 4 is 22.4 Å². The number of halogens is 1. The SMILES string of the molecule is CC(C)CC(C)n1nc(Cl)c2ccccc2c1=O. The molecule has 0 bridgehead atoms. The molecule has 0 amide bonds. The van der Waals surface area contributed by atoms with Crippen LogP contribution in [-0.4, -0.2) is 9.78 Å². The van der Waals surface area contributed by atoms with Crippen molar-refractivity contribution in [3.05, 3.63) is 39.8 Å². The summed E-state index contributed by atoms with van der Waals surface area (Å²) in [5.41, 5.74) is -0.0665. The van der Waals surface area contributed by atoms with Gasteiger partial charge in [0.1, 0.15) is 0 Å². The number of hydrogen-bond donors (Lipinski definition) is 0. The van der Waals surface area contributed by atoms with Crippen LogP contribution in [-0.2, 0) is 0 Å². The van der Waals surface area contributed by atoms with Crippen molar-refractivity contribution in [2.75, 3.05) is 0 Å². The van der Waals surface area contributed by atoms with E-state index in [-0.39, 0.29) is 11.6 Å². The highest BCUT2D eigenvalue weighted by Crippen LogP contribution is 2.20. The summed E-state index contributed by atoms with van der Waals surface area (Å²) in [5, 5.41) is 5.97. The second kappa shape index (κ2) is 5.11. The quantitative estimate of drug-likeness (QED) is 0.848. The second-order valence-electron chi connectivity index (χ2n) is 5.06. The lowest BCUT2D eigenvalue weighted by Gasteiger charge is -2.16. The van der Waals surface area contributed by atoms with E-state index in [1.165, 1.54) is 4.68 Å². The zero-order chi connectivity index (χ0) is 13.3. The molecule has 2 rings (SSSR count). The van der Waals surface area contributed by atoms with Crippen LogP contribution < -0.4 is 5.56 Å². The first-order chi connectivity index (χ1) is 8.50. The molecule has 0 saturated heterocycles. The third-order valence-corrected chi connectivity index (χ3v) is 3.29. The van der Waals surface area contributed by atoms with Crippen molar-refractivity contribution in [3.63, 3.8) is 0 Å². The zero-order valence-corrected chi connectivity index (χ0v) is 11.6. The highest BCUT2D eigenvalue weighted by atomic mass is 35.5. The average molecular weight is 265 g/mol. The molecule has 1 heterocycles. The Balaban J connectivity index is 2.60. The summed E-state index contributed by atoms with van der Waals surface area (Å²) >= 11 is 6.14. The Morgan fingerprint density at radius 2 is 1.83 bits per heavy atom. The lowest BCUT2D eigenvalue weighted by molar-refractivity contribution is 0.386. The molecular weight excluding hydrogens is 248 g/mol. The van der Waals surface area contributed by atoms with Crippen molar-refractivity contribution in [3.8, 4) is 0 Å². The highest BCUT2D eigenvalue weighted by molar-refractivity contribution is 6.34. The minimum atomic E-state index is -0.0665. The predicted molar refractivity (Wildman–Crippen MR) is 75.2 cm³/mol. The fourth-order valence-corrected chi connectivity index (χ4v) is 2.49. The van der Waals surface area contributed by atoms with Crippen LogP contribution in [0.1, 0.15) is 33.2 Å². The van der Waals surface area contributed by atoms with Crippen LogP contribution in [0.5, 0.6) is 0 Å².